The van der Waals surface area contributed by atoms with E-state index in [-0.39, 0.29) is 11.8 Å². The summed E-state index contributed by atoms with van der Waals surface area (Å²) in [6, 6.07) is 7.85. The maximum Gasteiger partial charge on any atom is 0.246 e. The molecule has 1 aliphatic carbocycles. The quantitative estimate of drug-likeness (QED) is 0.745. The number of nitrogens with zero attached hydrogens (tertiary/aromatic N) is 2. The summed E-state index contributed by atoms with van der Waals surface area (Å²) in [5, 5.41) is 2.75. The highest BCUT2D eigenvalue weighted by Gasteiger charge is 2.26. The lowest BCUT2D eigenvalue weighted by Crippen LogP contribution is -2.44. The van der Waals surface area contributed by atoms with E-state index in [1.54, 1.807) is 6.08 Å². The van der Waals surface area contributed by atoms with Gasteiger partial charge in [0.25, 0.3) is 0 Å². The second kappa shape index (κ2) is 10.3. The molecule has 2 rings (SSSR count). The minimum Gasteiger partial charge on any atom is -0.335 e. The van der Waals surface area contributed by atoms with Crippen LogP contribution in [0.5, 0.6) is 0 Å². The van der Waals surface area contributed by atoms with Crippen molar-refractivity contribution in [3.05, 3.63) is 35.9 Å². The van der Waals surface area contributed by atoms with E-state index in [1.807, 2.05) is 49.3 Å². The van der Waals surface area contributed by atoms with Gasteiger partial charge in [-0.25, -0.2) is 0 Å². The van der Waals surface area contributed by atoms with Crippen molar-refractivity contribution in [3.63, 3.8) is 0 Å². The highest BCUT2D eigenvalue weighted by atomic mass is 16.2. The molecule has 1 aromatic rings. The van der Waals surface area contributed by atoms with Gasteiger partial charge < -0.3 is 15.1 Å². The summed E-state index contributed by atoms with van der Waals surface area (Å²) in [7, 11) is 4.08. The second-order valence-corrected chi connectivity index (χ2v) is 7.89. The number of rotatable bonds is 7. The van der Waals surface area contributed by atoms with E-state index in [1.165, 1.54) is 19.8 Å². The van der Waals surface area contributed by atoms with Crippen LogP contribution in [0.4, 0.5) is 5.69 Å². The predicted molar refractivity (Wildman–Crippen MR) is 111 cm³/mol. The lowest BCUT2D eigenvalue weighted by atomic mass is 9.86. The van der Waals surface area contributed by atoms with Crippen molar-refractivity contribution in [3.8, 4) is 0 Å². The Hall–Kier alpha value is -2.14. The number of hydrogen-bond acceptors (Lipinski definition) is 3. The van der Waals surface area contributed by atoms with Crippen LogP contribution < -0.4 is 5.32 Å². The van der Waals surface area contributed by atoms with Crippen LogP contribution in [0.1, 0.15) is 45.1 Å². The van der Waals surface area contributed by atoms with Crippen LogP contribution in [0.15, 0.2) is 30.3 Å². The predicted octanol–water partition coefficient (Wildman–Crippen LogP) is 3.63. The minimum absolute atomic E-state index is 0.0855. The first kappa shape index (κ1) is 21.2. The maximum atomic E-state index is 12.9. The van der Waals surface area contributed by atoms with Crippen LogP contribution in [0.25, 0.3) is 6.08 Å². The van der Waals surface area contributed by atoms with Crippen molar-refractivity contribution in [2.75, 3.05) is 32.5 Å². The van der Waals surface area contributed by atoms with Crippen LogP contribution in [0, 0.1) is 5.92 Å². The number of nitrogens with one attached hydrogen (secondary N) is 1. The molecule has 0 spiro atoms. The molecule has 1 saturated carbocycles. The largest absolute Gasteiger partial charge is 0.335 e. The first-order valence-electron chi connectivity index (χ1n) is 9.86. The van der Waals surface area contributed by atoms with E-state index in [4.69, 9.17) is 0 Å². The van der Waals surface area contributed by atoms with Gasteiger partial charge in [0.05, 0.1) is 0 Å². The first-order valence-corrected chi connectivity index (χ1v) is 9.86. The molecule has 2 amide bonds. The molecule has 0 radical (unpaired) electrons. The number of hydrogen-bond donors (Lipinski definition) is 1. The summed E-state index contributed by atoms with van der Waals surface area (Å²) in [6.45, 7) is 5.42. The lowest BCUT2D eigenvalue weighted by Gasteiger charge is -2.36. The summed E-state index contributed by atoms with van der Waals surface area (Å²) in [5.74, 6) is 0.763. The zero-order valence-electron chi connectivity index (χ0n) is 17.1. The Morgan fingerprint density at radius 1 is 1.07 bits per heavy atom. The van der Waals surface area contributed by atoms with E-state index in [2.05, 4.69) is 17.1 Å². The zero-order chi connectivity index (χ0) is 19.8. The van der Waals surface area contributed by atoms with Gasteiger partial charge in [-0.05, 0) is 69.5 Å². The van der Waals surface area contributed by atoms with Crippen LogP contribution in [-0.2, 0) is 9.59 Å². The van der Waals surface area contributed by atoms with Crippen LogP contribution in [0.3, 0.4) is 0 Å². The van der Waals surface area contributed by atoms with Crippen molar-refractivity contribution < 1.29 is 9.59 Å². The summed E-state index contributed by atoms with van der Waals surface area (Å²) in [5.41, 5.74) is 1.71. The molecule has 0 bridgehead atoms. The molecule has 1 aliphatic rings. The monoisotopic (exact) mass is 371 g/mol. The second-order valence-electron chi connectivity index (χ2n) is 7.89. The van der Waals surface area contributed by atoms with E-state index in [9.17, 15) is 9.59 Å². The molecule has 0 aliphatic heterocycles. The van der Waals surface area contributed by atoms with E-state index in [0.717, 1.165) is 43.1 Å². The molecule has 0 heterocycles. The molecule has 0 atom stereocenters. The number of likely N-dealkylation sites (N-methyl/N-ethyl adjacent to an activating group) is 1. The zero-order valence-corrected chi connectivity index (χ0v) is 17.1. The molecular formula is C22H33N3O2. The van der Waals surface area contributed by atoms with Gasteiger partial charge in [-0.3, -0.25) is 9.59 Å². The SMILES string of the molecule is CC(=O)Nc1ccc(C=CC(=O)N(CCN(C)C)[C@H]2CC[C@H](C)CC2)cc1. The smallest absolute Gasteiger partial charge is 0.246 e. The van der Waals surface area contributed by atoms with E-state index < -0.39 is 0 Å². The van der Waals surface area contributed by atoms with Crippen molar-refractivity contribution in [2.45, 2.75) is 45.6 Å². The van der Waals surface area contributed by atoms with Crippen molar-refractivity contribution in [2.24, 2.45) is 5.92 Å². The Kier molecular flexibility index (Phi) is 8.04. The standard InChI is InChI=1S/C22H33N3O2/c1-17-5-12-21(13-6-17)25(16-15-24(3)4)22(27)14-9-19-7-10-20(11-8-19)23-18(2)26/h7-11,14,17,21H,5-6,12-13,15-16H2,1-4H3,(H,23,26)/t17-,21-. The molecule has 27 heavy (non-hydrogen) atoms. The summed E-state index contributed by atoms with van der Waals surface area (Å²) >= 11 is 0. The highest BCUT2D eigenvalue weighted by molar-refractivity contribution is 5.92. The number of carbonyl (C=O) groups excluding carboxylic acids is 2. The van der Waals surface area contributed by atoms with E-state index in [0.29, 0.717) is 6.04 Å². The number of anilines is 1. The molecule has 148 valence electrons. The van der Waals surface area contributed by atoms with Gasteiger partial charge in [0.2, 0.25) is 11.8 Å². The Balaban J connectivity index is 2.02. The fraction of sp³-hybridized carbons (Fsp3) is 0.545. The Morgan fingerprint density at radius 2 is 1.70 bits per heavy atom. The average Bonchev–Trinajstić information content (AvgIpc) is 2.62. The van der Waals surface area contributed by atoms with Gasteiger partial charge in [0, 0.05) is 37.8 Å². The average molecular weight is 372 g/mol. The first-order chi connectivity index (χ1) is 12.8. The third-order valence-electron chi connectivity index (χ3n) is 5.15. The van der Waals surface area contributed by atoms with Crippen molar-refractivity contribution >= 4 is 23.6 Å². The number of benzene rings is 1. The van der Waals surface area contributed by atoms with Gasteiger partial charge in [-0.15, -0.1) is 0 Å². The number of amides is 2. The normalized spacial score (nSPS) is 20.0. The molecule has 0 unspecified atom stereocenters. The van der Waals surface area contributed by atoms with Crippen molar-refractivity contribution in [1.82, 2.24) is 9.80 Å². The van der Waals surface area contributed by atoms with Gasteiger partial charge in [0.15, 0.2) is 0 Å². The van der Waals surface area contributed by atoms with Crippen LogP contribution in [-0.4, -0.2) is 54.8 Å². The summed E-state index contributed by atoms with van der Waals surface area (Å²) in [6.07, 6.45) is 8.13. The molecule has 0 saturated heterocycles. The van der Waals surface area contributed by atoms with Gasteiger partial charge >= 0.3 is 0 Å². The topological polar surface area (TPSA) is 52.7 Å². The molecule has 5 heteroatoms. The minimum atomic E-state index is -0.0909. The third kappa shape index (κ3) is 7.18. The molecule has 1 fully saturated rings. The Bertz CT molecular complexity index is 644. The Morgan fingerprint density at radius 3 is 2.26 bits per heavy atom. The molecular weight excluding hydrogens is 338 g/mol. The fourth-order valence-electron chi connectivity index (χ4n) is 3.48. The van der Waals surface area contributed by atoms with Gasteiger partial charge in [-0.1, -0.05) is 19.1 Å². The maximum absolute atomic E-state index is 12.9. The lowest BCUT2D eigenvalue weighted by molar-refractivity contribution is -0.129. The highest BCUT2D eigenvalue weighted by Crippen LogP contribution is 2.27. The van der Waals surface area contributed by atoms with Gasteiger partial charge in [0.1, 0.15) is 0 Å². The third-order valence-corrected chi connectivity index (χ3v) is 5.15. The number of carbonyl (C=O) groups is 2. The fourth-order valence-corrected chi connectivity index (χ4v) is 3.48. The Labute approximate surface area is 163 Å². The van der Waals surface area contributed by atoms with Crippen LogP contribution >= 0.6 is 0 Å². The molecule has 1 aromatic carbocycles. The van der Waals surface area contributed by atoms with E-state index >= 15 is 0 Å². The summed E-state index contributed by atoms with van der Waals surface area (Å²) < 4.78 is 0. The van der Waals surface area contributed by atoms with Crippen LogP contribution in [0.2, 0.25) is 0 Å². The van der Waals surface area contributed by atoms with Gasteiger partial charge in [-0.2, -0.15) is 0 Å². The summed E-state index contributed by atoms with van der Waals surface area (Å²) in [4.78, 5) is 28.1. The molecule has 0 aromatic heterocycles. The molecule has 5 nitrogen and oxygen atoms in total. The van der Waals surface area contributed by atoms with Crippen molar-refractivity contribution in [1.29, 1.82) is 0 Å². The molecule has 1 N–H and O–H groups in total.